The molecule has 0 N–H and O–H groups in total. The van der Waals surface area contributed by atoms with Gasteiger partial charge in [-0.1, -0.05) is 24.6 Å². The fourth-order valence-corrected chi connectivity index (χ4v) is 0.872. The average Bonchev–Trinajstić information content (AvgIpc) is 1.89. The van der Waals surface area contributed by atoms with Crippen molar-refractivity contribution in [2.75, 3.05) is 0 Å². The van der Waals surface area contributed by atoms with Gasteiger partial charge in [-0.3, -0.25) is 0 Å². The van der Waals surface area contributed by atoms with Crippen molar-refractivity contribution in [3.05, 3.63) is 4.85 Å². The molecule has 0 spiro atoms. The van der Waals surface area contributed by atoms with Crippen molar-refractivity contribution in [3.63, 3.8) is 0 Å². The van der Waals surface area contributed by atoms with Crippen LogP contribution in [0.15, 0.2) is 0 Å². The van der Waals surface area contributed by atoms with E-state index in [1.807, 2.05) is 0 Å². The van der Waals surface area contributed by atoms with E-state index in [9.17, 15) is 0 Å². The summed E-state index contributed by atoms with van der Waals surface area (Å²) in [4.78, 5) is 3.79. The summed E-state index contributed by atoms with van der Waals surface area (Å²) in [5.41, 5.74) is -0.00479. The first-order valence-corrected chi connectivity index (χ1v) is 4.04. The van der Waals surface area contributed by atoms with Crippen LogP contribution in [0.3, 0.4) is 0 Å². The molecule has 0 aromatic heterocycles. The molecule has 0 saturated carbocycles. The van der Waals surface area contributed by atoms with Gasteiger partial charge in [0, 0.05) is 20.3 Å². The van der Waals surface area contributed by atoms with Gasteiger partial charge in [-0.15, -0.1) is 0 Å². The Morgan fingerprint density at radius 3 is 2.30 bits per heavy atom. The van der Waals surface area contributed by atoms with E-state index in [0.29, 0.717) is 0 Å². The zero-order valence-electron chi connectivity index (χ0n) is 7.35. The number of hydrogen-bond acceptors (Lipinski definition) is 0. The third-order valence-electron chi connectivity index (χ3n) is 1.74. The smallest absolute Gasteiger partial charge is 0.0810 e. The van der Waals surface area contributed by atoms with Gasteiger partial charge in [-0.2, -0.15) is 0 Å². The number of hydrogen-bond donors (Lipinski definition) is 0. The zero-order chi connectivity index (χ0) is 8.04. The van der Waals surface area contributed by atoms with Crippen LogP contribution in [0.25, 0.3) is 4.85 Å². The maximum Gasteiger partial charge on any atom is 0.275 e. The van der Waals surface area contributed by atoms with Crippen LogP contribution in [-0.4, -0.2) is 5.54 Å². The van der Waals surface area contributed by atoms with Crippen LogP contribution >= 0.6 is 0 Å². The predicted molar refractivity (Wildman–Crippen MR) is 46.5 cm³/mol. The van der Waals surface area contributed by atoms with Gasteiger partial charge in [-0.05, 0) is 6.42 Å². The van der Waals surface area contributed by atoms with E-state index in [-0.39, 0.29) is 5.54 Å². The first kappa shape index (κ1) is 9.49. The largest absolute Gasteiger partial charge is 0.275 e. The third kappa shape index (κ3) is 4.38. The number of unbranched alkanes of at least 4 members (excludes halogenated alkanes) is 2. The van der Waals surface area contributed by atoms with E-state index in [4.69, 9.17) is 6.57 Å². The van der Waals surface area contributed by atoms with Crippen molar-refractivity contribution >= 4 is 0 Å². The second kappa shape index (κ2) is 4.33. The first-order chi connectivity index (χ1) is 4.62. The molecule has 1 nitrogen and oxygen atoms in total. The molecule has 58 valence electrons. The molecule has 0 aromatic carbocycles. The van der Waals surface area contributed by atoms with Gasteiger partial charge in [0.05, 0.1) is 0 Å². The van der Waals surface area contributed by atoms with Crippen LogP contribution in [0, 0.1) is 6.57 Å². The predicted octanol–water partition coefficient (Wildman–Crippen LogP) is 3.31. The summed E-state index contributed by atoms with van der Waals surface area (Å²) in [5, 5.41) is 0. The molecule has 0 saturated heterocycles. The van der Waals surface area contributed by atoms with E-state index in [0.717, 1.165) is 6.42 Å². The standard InChI is InChI=1S/C9H18N/c1-5-6-7-8-9(2,3)10-4/h4H,5-8H2,1-3H3/q+1. The maximum absolute atomic E-state index is 5.21. The Morgan fingerprint density at radius 1 is 1.30 bits per heavy atom. The lowest BCUT2D eigenvalue weighted by molar-refractivity contribution is 0.514. The van der Waals surface area contributed by atoms with Crippen molar-refractivity contribution in [2.45, 2.75) is 52.0 Å². The van der Waals surface area contributed by atoms with Crippen LogP contribution in [0.1, 0.15) is 46.5 Å². The second-order valence-corrected chi connectivity index (χ2v) is 3.40. The minimum Gasteiger partial charge on any atom is -0.0810 e. The van der Waals surface area contributed by atoms with Crippen molar-refractivity contribution in [1.29, 1.82) is 0 Å². The Balaban J connectivity index is 3.40. The van der Waals surface area contributed by atoms with E-state index >= 15 is 0 Å². The highest BCUT2D eigenvalue weighted by molar-refractivity contribution is 4.91. The van der Waals surface area contributed by atoms with Crippen molar-refractivity contribution in [3.8, 4) is 6.57 Å². The highest BCUT2D eigenvalue weighted by Crippen LogP contribution is 2.17. The molecule has 0 heterocycles. The topological polar surface area (TPSA) is 4.36 Å². The lowest BCUT2D eigenvalue weighted by atomic mass is 9.98. The molecular weight excluding hydrogens is 122 g/mol. The number of nitrogens with zero attached hydrogens (tertiary/aromatic N) is 1. The highest BCUT2D eigenvalue weighted by atomic mass is 14.8. The summed E-state index contributed by atoms with van der Waals surface area (Å²) in [6.07, 6.45) is 4.90. The van der Waals surface area contributed by atoms with Gasteiger partial charge in [0.25, 0.3) is 12.1 Å². The van der Waals surface area contributed by atoms with Gasteiger partial charge in [0.1, 0.15) is 0 Å². The average molecular weight is 140 g/mol. The molecule has 0 unspecified atom stereocenters. The summed E-state index contributed by atoms with van der Waals surface area (Å²) >= 11 is 0. The summed E-state index contributed by atoms with van der Waals surface area (Å²) in [6.45, 7) is 11.6. The fraction of sp³-hybridized carbons (Fsp3) is 0.889. The van der Waals surface area contributed by atoms with Gasteiger partial charge >= 0.3 is 0 Å². The Labute approximate surface area is 64.3 Å². The number of rotatable bonds is 4. The Kier molecular flexibility index (Phi) is 4.11. The quantitative estimate of drug-likeness (QED) is 0.528. The maximum atomic E-state index is 5.21. The molecule has 1 heteroatoms. The first-order valence-electron chi connectivity index (χ1n) is 4.04. The van der Waals surface area contributed by atoms with Crippen LogP contribution in [-0.2, 0) is 0 Å². The van der Waals surface area contributed by atoms with Crippen molar-refractivity contribution in [1.82, 2.24) is 0 Å². The minimum absolute atomic E-state index is 0.00479. The normalized spacial score (nSPS) is 11.0. The van der Waals surface area contributed by atoms with E-state index < -0.39 is 0 Å². The minimum atomic E-state index is -0.00479. The van der Waals surface area contributed by atoms with E-state index in [1.54, 1.807) is 0 Å². The summed E-state index contributed by atoms with van der Waals surface area (Å²) in [7, 11) is 0. The Hall–Kier alpha value is -0.510. The summed E-state index contributed by atoms with van der Waals surface area (Å²) in [6, 6.07) is 0. The summed E-state index contributed by atoms with van der Waals surface area (Å²) in [5.74, 6) is 0. The lowest BCUT2D eigenvalue weighted by Gasteiger charge is -2.04. The second-order valence-electron chi connectivity index (χ2n) is 3.40. The van der Waals surface area contributed by atoms with Gasteiger partial charge < -0.3 is 0 Å². The molecule has 0 aromatic rings. The Bertz CT molecular complexity index is 119. The molecule has 0 fully saturated rings. The highest BCUT2D eigenvalue weighted by Gasteiger charge is 2.25. The van der Waals surface area contributed by atoms with Crippen LogP contribution in [0.4, 0.5) is 0 Å². The molecule has 0 aliphatic heterocycles. The fourth-order valence-electron chi connectivity index (χ4n) is 0.872. The zero-order valence-corrected chi connectivity index (χ0v) is 7.35. The van der Waals surface area contributed by atoms with E-state index in [2.05, 4.69) is 25.6 Å². The molecule has 0 radical (unpaired) electrons. The molecule has 0 amide bonds. The molecular formula is C9H18N+. The lowest BCUT2D eigenvalue weighted by Crippen LogP contribution is -2.12. The van der Waals surface area contributed by atoms with Crippen molar-refractivity contribution in [2.24, 2.45) is 0 Å². The van der Waals surface area contributed by atoms with Gasteiger partial charge in [-0.25, -0.2) is 0 Å². The molecule has 0 atom stereocenters. The van der Waals surface area contributed by atoms with E-state index in [1.165, 1.54) is 19.3 Å². The van der Waals surface area contributed by atoms with Crippen molar-refractivity contribution < 1.29 is 0 Å². The third-order valence-corrected chi connectivity index (χ3v) is 1.74. The monoisotopic (exact) mass is 140 g/mol. The molecule has 0 aliphatic rings. The van der Waals surface area contributed by atoms with Gasteiger partial charge in [0.2, 0.25) is 0 Å². The van der Waals surface area contributed by atoms with Crippen LogP contribution in [0.2, 0.25) is 0 Å². The molecule has 0 aliphatic carbocycles. The molecule has 10 heavy (non-hydrogen) atoms. The van der Waals surface area contributed by atoms with Gasteiger partial charge in [0.15, 0.2) is 0 Å². The van der Waals surface area contributed by atoms with Crippen LogP contribution in [0.5, 0.6) is 0 Å². The Morgan fingerprint density at radius 2 is 1.90 bits per heavy atom. The summed E-state index contributed by atoms with van der Waals surface area (Å²) < 4.78 is 0. The molecule has 0 bridgehead atoms. The molecule has 0 rings (SSSR count). The van der Waals surface area contributed by atoms with Crippen LogP contribution < -0.4 is 0 Å². The SMILES string of the molecule is C#[N+]C(C)(C)CCCCC.